The summed E-state index contributed by atoms with van der Waals surface area (Å²) >= 11 is 0. The van der Waals surface area contributed by atoms with E-state index in [9.17, 15) is 0 Å². The lowest BCUT2D eigenvalue weighted by Crippen LogP contribution is -1.98. The predicted octanol–water partition coefficient (Wildman–Crippen LogP) is 2.61. The molecule has 0 saturated heterocycles. The fraction of sp³-hybridized carbons (Fsp3) is 0.182. The third-order valence-electron chi connectivity index (χ3n) is 1.56. The van der Waals surface area contributed by atoms with E-state index in [4.69, 9.17) is 4.84 Å². The highest BCUT2D eigenvalue weighted by atomic mass is 16.6. The molecule has 0 aliphatic carbocycles. The number of rotatable bonds is 4. The molecule has 1 unspecified atom stereocenters. The van der Waals surface area contributed by atoms with Crippen molar-refractivity contribution in [1.29, 1.82) is 0 Å². The van der Waals surface area contributed by atoms with E-state index in [2.05, 4.69) is 11.7 Å². The number of benzene rings is 1. The molecule has 0 aromatic heterocycles. The van der Waals surface area contributed by atoms with Crippen LogP contribution in [0.2, 0.25) is 0 Å². The summed E-state index contributed by atoms with van der Waals surface area (Å²) in [4.78, 5) is 5.05. The van der Waals surface area contributed by atoms with Crippen LogP contribution in [0.4, 0.5) is 0 Å². The molecule has 1 aromatic rings. The Bertz CT molecular complexity index is 279. The summed E-state index contributed by atoms with van der Waals surface area (Å²) in [6.45, 7) is 5.47. The molecule has 0 radical (unpaired) electrons. The average molecular weight is 175 g/mol. The molecule has 0 N–H and O–H groups in total. The summed E-state index contributed by atoms with van der Waals surface area (Å²) in [5.41, 5.74) is 1.03. The first-order chi connectivity index (χ1) is 6.33. The van der Waals surface area contributed by atoms with Gasteiger partial charge in [-0.15, -0.1) is 0 Å². The molecular formula is C11H13NO. The zero-order valence-corrected chi connectivity index (χ0v) is 7.68. The minimum Gasteiger partial charge on any atom is -0.389 e. The second kappa shape index (κ2) is 5.14. The zero-order chi connectivity index (χ0) is 9.52. The van der Waals surface area contributed by atoms with Crippen molar-refractivity contribution in [3.8, 4) is 0 Å². The van der Waals surface area contributed by atoms with Gasteiger partial charge in [-0.3, -0.25) is 0 Å². The molecule has 0 fully saturated rings. The standard InChI is InChI=1S/C11H13NO/c1-3-10(2)13-12-9-11-7-5-4-6-8-11/h3-10H,1H2,2H3/b12-9+. The topological polar surface area (TPSA) is 21.6 Å². The number of hydrogen-bond acceptors (Lipinski definition) is 2. The zero-order valence-electron chi connectivity index (χ0n) is 7.68. The van der Waals surface area contributed by atoms with Crippen molar-refractivity contribution in [2.75, 3.05) is 0 Å². The Balaban J connectivity index is 2.45. The van der Waals surface area contributed by atoms with Gasteiger partial charge in [0, 0.05) is 0 Å². The van der Waals surface area contributed by atoms with E-state index in [0.717, 1.165) is 5.56 Å². The van der Waals surface area contributed by atoms with Crippen LogP contribution in [0.3, 0.4) is 0 Å². The van der Waals surface area contributed by atoms with Crippen molar-refractivity contribution in [3.63, 3.8) is 0 Å². The van der Waals surface area contributed by atoms with Gasteiger partial charge in [0.2, 0.25) is 0 Å². The van der Waals surface area contributed by atoms with Crippen LogP contribution in [0, 0.1) is 0 Å². The molecular weight excluding hydrogens is 162 g/mol. The van der Waals surface area contributed by atoms with Gasteiger partial charge >= 0.3 is 0 Å². The maximum Gasteiger partial charge on any atom is 0.142 e. The second-order valence-electron chi connectivity index (χ2n) is 2.69. The normalized spacial score (nSPS) is 12.7. The van der Waals surface area contributed by atoms with Gasteiger partial charge in [0.05, 0.1) is 6.21 Å². The summed E-state index contributed by atoms with van der Waals surface area (Å²) in [5, 5.41) is 3.82. The Morgan fingerprint density at radius 3 is 2.69 bits per heavy atom. The molecule has 0 heterocycles. The molecule has 0 amide bonds. The second-order valence-corrected chi connectivity index (χ2v) is 2.69. The van der Waals surface area contributed by atoms with E-state index >= 15 is 0 Å². The van der Waals surface area contributed by atoms with E-state index in [1.54, 1.807) is 12.3 Å². The average Bonchev–Trinajstić information content (AvgIpc) is 2.19. The van der Waals surface area contributed by atoms with E-state index in [1.165, 1.54) is 0 Å². The van der Waals surface area contributed by atoms with Crippen molar-refractivity contribution >= 4 is 6.21 Å². The molecule has 2 nitrogen and oxygen atoms in total. The number of oxime groups is 1. The quantitative estimate of drug-likeness (QED) is 0.391. The van der Waals surface area contributed by atoms with Crippen LogP contribution >= 0.6 is 0 Å². The molecule has 0 aliphatic heterocycles. The van der Waals surface area contributed by atoms with Crippen LogP contribution in [0.5, 0.6) is 0 Å². The molecule has 0 spiro atoms. The lowest BCUT2D eigenvalue weighted by atomic mass is 10.2. The SMILES string of the molecule is C=CC(C)O/N=C/c1ccccc1. The maximum atomic E-state index is 5.05. The van der Waals surface area contributed by atoms with Crippen molar-refractivity contribution in [1.82, 2.24) is 0 Å². The fourth-order valence-corrected chi connectivity index (χ4v) is 0.769. The van der Waals surface area contributed by atoms with Crippen LogP contribution < -0.4 is 0 Å². The van der Waals surface area contributed by atoms with Gasteiger partial charge in [-0.25, -0.2) is 0 Å². The highest BCUT2D eigenvalue weighted by molar-refractivity contribution is 5.78. The van der Waals surface area contributed by atoms with E-state index in [-0.39, 0.29) is 6.10 Å². The third kappa shape index (κ3) is 3.56. The maximum absolute atomic E-state index is 5.05. The Morgan fingerprint density at radius 1 is 1.38 bits per heavy atom. The minimum atomic E-state index is -0.0417. The molecule has 1 atom stereocenters. The van der Waals surface area contributed by atoms with Gasteiger partial charge in [-0.05, 0) is 18.6 Å². The van der Waals surface area contributed by atoms with Gasteiger partial charge in [0.1, 0.15) is 6.10 Å². The number of hydrogen-bond donors (Lipinski definition) is 0. The fourth-order valence-electron chi connectivity index (χ4n) is 0.769. The van der Waals surface area contributed by atoms with Crippen molar-refractivity contribution in [3.05, 3.63) is 48.6 Å². The molecule has 1 rings (SSSR count). The van der Waals surface area contributed by atoms with E-state index < -0.39 is 0 Å². The lowest BCUT2D eigenvalue weighted by Gasteiger charge is -2.01. The molecule has 0 aliphatic rings. The van der Waals surface area contributed by atoms with Gasteiger partial charge in [0.25, 0.3) is 0 Å². The summed E-state index contributed by atoms with van der Waals surface area (Å²) in [7, 11) is 0. The van der Waals surface area contributed by atoms with Gasteiger partial charge in [0.15, 0.2) is 0 Å². The Hall–Kier alpha value is -1.57. The lowest BCUT2D eigenvalue weighted by molar-refractivity contribution is 0.107. The molecule has 0 bridgehead atoms. The summed E-state index contributed by atoms with van der Waals surface area (Å²) in [6.07, 6.45) is 3.34. The van der Waals surface area contributed by atoms with Crippen molar-refractivity contribution in [2.24, 2.45) is 5.16 Å². The smallest absolute Gasteiger partial charge is 0.142 e. The first-order valence-corrected chi connectivity index (χ1v) is 4.19. The highest BCUT2D eigenvalue weighted by Crippen LogP contribution is 1.96. The molecule has 68 valence electrons. The Kier molecular flexibility index (Phi) is 3.76. The first kappa shape index (κ1) is 9.52. The van der Waals surface area contributed by atoms with Crippen molar-refractivity contribution in [2.45, 2.75) is 13.0 Å². The summed E-state index contributed by atoms with van der Waals surface area (Å²) in [5.74, 6) is 0. The Labute approximate surface area is 78.5 Å². The molecule has 1 aromatic carbocycles. The van der Waals surface area contributed by atoms with Crippen LogP contribution in [0.1, 0.15) is 12.5 Å². The third-order valence-corrected chi connectivity index (χ3v) is 1.56. The van der Waals surface area contributed by atoms with Crippen LogP contribution in [-0.4, -0.2) is 12.3 Å². The summed E-state index contributed by atoms with van der Waals surface area (Å²) < 4.78 is 0. The molecule has 13 heavy (non-hydrogen) atoms. The molecule has 2 heteroatoms. The van der Waals surface area contributed by atoms with E-state index in [1.807, 2.05) is 37.3 Å². The largest absolute Gasteiger partial charge is 0.389 e. The van der Waals surface area contributed by atoms with Crippen LogP contribution in [0.15, 0.2) is 48.1 Å². The summed E-state index contributed by atoms with van der Waals surface area (Å²) in [6, 6.07) is 9.80. The van der Waals surface area contributed by atoms with E-state index in [0.29, 0.717) is 0 Å². The predicted molar refractivity (Wildman–Crippen MR) is 54.8 cm³/mol. The minimum absolute atomic E-state index is 0.0417. The monoisotopic (exact) mass is 175 g/mol. The van der Waals surface area contributed by atoms with Crippen LogP contribution in [-0.2, 0) is 4.84 Å². The van der Waals surface area contributed by atoms with Gasteiger partial charge in [-0.1, -0.05) is 42.1 Å². The van der Waals surface area contributed by atoms with Gasteiger partial charge < -0.3 is 4.84 Å². The molecule has 0 saturated carbocycles. The number of nitrogens with zero attached hydrogens (tertiary/aromatic N) is 1. The van der Waals surface area contributed by atoms with Crippen LogP contribution in [0.25, 0.3) is 0 Å². The first-order valence-electron chi connectivity index (χ1n) is 4.19. The van der Waals surface area contributed by atoms with Crippen molar-refractivity contribution < 1.29 is 4.84 Å². The Morgan fingerprint density at radius 2 is 2.08 bits per heavy atom. The van der Waals surface area contributed by atoms with Gasteiger partial charge in [-0.2, -0.15) is 0 Å². The highest BCUT2D eigenvalue weighted by Gasteiger charge is 1.90.